The summed E-state index contributed by atoms with van der Waals surface area (Å²) in [6, 6.07) is 5.33. The number of hydrogen-bond donors (Lipinski definition) is 1. The van der Waals surface area contributed by atoms with Crippen molar-refractivity contribution in [3.05, 3.63) is 40.2 Å². The standard InChI is InChI=1S/C12H10ClNO3/c1-6-3-8(5-9(13)4-6)11-14-10(12(15)16)7(2)17-11/h3-5H,1-2H3,(H,15,16). The summed E-state index contributed by atoms with van der Waals surface area (Å²) in [5, 5.41) is 9.45. The molecule has 1 N–H and O–H groups in total. The molecular formula is C12H10ClNO3. The van der Waals surface area contributed by atoms with E-state index in [0.717, 1.165) is 5.56 Å². The third kappa shape index (κ3) is 2.31. The van der Waals surface area contributed by atoms with Gasteiger partial charge in [-0.05, 0) is 37.6 Å². The number of rotatable bonds is 2. The molecule has 0 fully saturated rings. The Bertz CT molecular complexity index is 569. The molecule has 0 aliphatic heterocycles. The van der Waals surface area contributed by atoms with Gasteiger partial charge < -0.3 is 9.52 Å². The number of carboxylic acid groups (broad SMARTS) is 1. The molecule has 0 bridgehead atoms. The van der Waals surface area contributed by atoms with E-state index in [4.69, 9.17) is 21.1 Å². The molecule has 1 heterocycles. The van der Waals surface area contributed by atoms with Crippen molar-refractivity contribution in [3.63, 3.8) is 0 Å². The van der Waals surface area contributed by atoms with Crippen LogP contribution in [0, 0.1) is 13.8 Å². The molecule has 2 aromatic rings. The van der Waals surface area contributed by atoms with Gasteiger partial charge in [0, 0.05) is 10.6 Å². The van der Waals surface area contributed by atoms with Gasteiger partial charge in [0.25, 0.3) is 0 Å². The summed E-state index contributed by atoms with van der Waals surface area (Å²) < 4.78 is 5.32. The fourth-order valence-electron chi connectivity index (χ4n) is 1.58. The molecular weight excluding hydrogens is 242 g/mol. The van der Waals surface area contributed by atoms with Crippen LogP contribution in [0.2, 0.25) is 5.02 Å². The first kappa shape index (κ1) is 11.7. The Labute approximate surface area is 103 Å². The van der Waals surface area contributed by atoms with Gasteiger partial charge in [-0.15, -0.1) is 0 Å². The van der Waals surface area contributed by atoms with Crippen LogP contribution in [0.1, 0.15) is 21.8 Å². The third-order valence-electron chi connectivity index (χ3n) is 2.29. The van der Waals surface area contributed by atoms with E-state index in [2.05, 4.69) is 4.98 Å². The third-order valence-corrected chi connectivity index (χ3v) is 2.51. The second-order valence-electron chi connectivity index (χ2n) is 3.75. The van der Waals surface area contributed by atoms with Gasteiger partial charge in [-0.3, -0.25) is 0 Å². The maximum absolute atomic E-state index is 10.9. The lowest BCUT2D eigenvalue weighted by molar-refractivity contribution is 0.0689. The zero-order valence-corrected chi connectivity index (χ0v) is 10.1. The number of nitrogens with zero attached hydrogens (tertiary/aromatic N) is 1. The molecule has 2 rings (SSSR count). The molecule has 1 aromatic heterocycles. The number of halogens is 1. The monoisotopic (exact) mass is 251 g/mol. The Kier molecular flexibility index (Phi) is 2.90. The van der Waals surface area contributed by atoms with E-state index >= 15 is 0 Å². The molecule has 5 heteroatoms. The molecule has 0 aliphatic rings. The van der Waals surface area contributed by atoms with Gasteiger partial charge in [-0.1, -0.05) is 11.6 Å². The van der Waals surface area contributed by atoms with Crippen LogP contribution in [0.5, 0.6) is 0 Å². The normalized spacial score (nSPS) is 10.5. The first-order valence-electron chi connectivity index (χ1n) is 4.95. The van der Waals surface area contributed by atoms with Crippen molar-refractivity contribution < 1.29 is 14.3 Å². The highest BCUT2D eigenvalue weighted by Gasteiger charge is 2.17. The lowest BCUT2D eigenvalue weighted by Crippen LogP contribution is -1.98. The number of carbonyl (C=O) groups is 1. The number of aromatic nitrogens is 1. The second-order valence-corrected chi connectivity index (χ2v) is 4.18. The molecule has 4 nitrogen and oxygen atoms in total. The van der Waals surface area contributed by atoms with Crippen molar-refractivity contribution in [2.75, 3.05) is 0 Å². The topological polar surface area (TPSA) is 63.3 Å². The van der Waals surface area contributed by atoms with Crippen molar-refractivity contribution in [3.8, 4) is 11.5 Å². The van der Waals surface area contributed by atoms with Gasteiger partial charge in [0.1, 0.15) is 5.76 Å². The molecule has 0 radical (unpaired) electrons. The van der Waals surface area contributed by atoms with Crippen molar-refractivity contribution in [1.82, 2.24) is 4.98 Å². The predicted molar refractivity (Wildman–Crippen MR) is 63.4 cm³/mol. The molecule has 0 atom stereocenters. The van der Waals surface area contributed by atoms with Crippen LogP contribution < -0.4 is 0 Å². The van der Waals surface area contributed by atoms with E-state index < -0.39 is 5.97 Å². The quantitative estimate of drug-likeness (QED) is 0.889. The Hall–Kier alpha value is -1.81. The summed E-state index contributed by atoms with van der Waals surface area (Å²) in [6.45, 7) is 3.46. The summed E-state index contributed by atoms with van der Waals surface area (Å²) in [7, 11) is 0. The molecule has 0 spiro atoms. The molecule has 0 amide bonds. The summed E-state index contributed by atoms with van der Waals surface area (Å²) in [5.41, 5.74) is 1.56. The molecule has 17 heavy (non-hydrogen) atoms. The highest BCUT2D eigenvalue weighted by molar-refractivity contribution is 6.30. The first-order valence-corrected chi connectivity index (χ1v) is 5.33. The largest absolute Gasteiger partial charge is 0.476 e. The maximum atomic E-state index is 10.9. The predicted octanol–water partition coefficient (Wildman–Crippen LogP) is 3.31. The van der Waals surface area contributed by atoms with Crippen LogP contribution in [-0.4, -0.2) is 16.1 Å². The Balaban J connectivity index is 2.53. The van der Waals surface area contributed by atoms with Crippen LogP contribution in [-0.2, 0) is 0 Å². The Morgan fingerprint density at radius 3 is 2.59 bits per heavy atom. The van der Waals surface area contributed by atoms with E-state index in [0.29, 0.717) is 10.6 Å². The molecule has 88 valence electrons. The second kappa shape index (κ2) is 4.22. The summed E-state index contributed by atoms with van der Waals surface area (Å²) in [6.07, 6.45) is 0. The lowest BCUT2D eigenvalue weighted by atomic mass is 10.1. The van der Waals surface area contributed by atoms with E-state index in [-0.39, 0.29) is 17.3 Å². The summed E-state index contributed by atoms with van der Waals surface area (Å²) in [5.74, 6) is -0.549. The van der Waals surface area contributed by atoms with Gasteiger partial charge in [0.05, 0.1) is 0 Å². The lowest BCUT2D eigenvalue weighted by Gasteiger charge is -1.99. The fourth-order valence-corrected chi connectivity index (χ4v) is 1.87. The van der Waals surface area contributed by atoms with E-state index in [9.17, 15) is 4.79 Å². The van der Waals surface area contributed by atoms with Crippen molar-refractivity contribution in [1.29, 1.82) is 0 Å². The zero-order valence-electron chi connectivity index (χ0n) is 9.32. The van der Waals surface area contributed by atoms with Gasteiger partial charge >= 0.3 is 5.97 Å². The number of benzene rings is 1. The van der Waals surface area contributed by atoms with Gasteiger partial charge in [0.15, 0.2) is 5.69 Å². The highest BCUT2D eigenvalue weighted by atomic mass is 35.5. The molecule has 1 aromatic carbocycles. The van der Waals surface area contributed by atoms with E-state index in [1.54, 1.807) is 19.1 Å². The Morgan fingerprint density at radius 2 is 2.06 bits per heavy atom. The van der Waals surface area contributed by atoms with Gasteiger partial charge in [-0.25, -0.2) is 9.78 Å². The van der Waals surface area contributed by atoms with E-state index in [1.807, 2.05) is 13.0 Å². The van der Waals surface area contributed by atoms with Crippen LogP contribution >= 0.6 is 11.6 Å². The number of oxazole rings is 1. The van der Waals surface area contributed by atoms with Crippen LogP contribution in [0.4, 0.5) is 0 Å². The minimum absolute atomic E-state index is 0.0716. The fraction of sp³-hybridized carbons (Fsp3) is 0.167. The number of hydrogen-bond acceptors (Lipinski definition) is 3. The number of aryl methyl sites for hydroxylation is 2. The molecule has 0 saturated carbocycles. The minimum atomic E-state index is -1.10. The zero-order chi connectivity index (χ0) is 12.6. The first-order chi connectivity index (χ1) is 7.97. The molecule has 0 saturated heterocycles. The highest BCUT2D eigenvalue weighted by Crippen LogP contribution is 2.25. The average molecular weight is 252 g/mol. The van der Waals surface area contributed by atoms with Crippen LogP contribution in [0.25, 0.3) is 11.5 Å². The smallest absolute Gasteiger partial charge is 0.358 e. The maximum Gasteiger partial charge on any atom is 0.358 e. The SMILES string of the molecule is Cc1cc(Cl)cc(-c2nc(C(=O)O)c(C)o2)c1. The van der Waals surface area contributed by atoms with Gasteiger partial charge in [-0.2, -0.15) is 0 Å². The summed E-state index contributed by atoms with van der Waals surface area (Å²) in [4.78, 5) is 14.8. The number of carboxylic acids is 1. The average Bonchev–Trinajstić information content (AvgIpc) is 2.59. The summed E-state index contributed by atoms with van der Waals surface area (Å²) >= 11 is 5.92. The van der Waals surface area contributed by atoms with Crippen molar-refractivity contribution in [2.24, 2.45) is 0 Å². The van der Waals surface area contributed by atoms with Gasteiger partial charge in [0.2, 0.25) is 5.89 Å². The molecule has 0 unspecified atom stereocenters. The van der Waals surface area contributed by atoms with Crippen molar-refractivity contribution >= 4 is 17.6 Å². The van der Waals surface area contributed by atoms with Crippen LogP contribution in [0.15, 0.2) is 22.6 Å². The minimum Gasteiger partial charge on any atom is -0.476 e. The Morgan fingerprint density at radius 1 is 1.35 bits per heavy atom. The molecule has 0 aliphatic carbocycles. The van der Waals surface area contributed by atoms with Crippen LogP contribution in [0.3, 0.4) is 0 Å². The number of aromatic carboxylic acids is 1. The van der Waals surface area contributed by atoms with E-state index in [1.165, 1.54) is 0 Å². The van der Waals surface area contributed by atoms with Crippen molar-refractivity contribution in [2.45, 2.75) is 13.8 Å².